The molecule has 0 saturated heterocycles. The molecule has 0 aliphatic heterocycles. The van der Waals surface area contributed by atoms with E-state index in [1.54, 1.807) is 0 Å². The Hall–Kier alpha value is -2.68. The molecule has 122 valence electrons. The minimum atomic E-state index is -3.94. The first-order valence-electron chi connectivity index (χ1n) is 6.17. The normalized spacial score (nSPS) is 11.3. The summed E-state index contributed by atoms with van der Waals surface area (Å²) in [6.07, 6.45) is 0. The molecule has 0 radical (unpaired) electrons. The molecular weight excluding hydrogens is 332 g/mol. The van der Waals surface area contributed by atoms with Crippen LogP contribution >= 0.6 is 0 Å². The molecule has 0 bridgehead atoms. The predicted molar refractivity (Wildman–Crippen MR) is 74.7 cm³/mol. The number of rotatable bonds is 6. The molecule has 2 rings (SSSR count). The highest BCUT2D eigenvalue weighted by Gasteiger charge is 2.14. The van der Waals surface area contributed by atoms with Gasteiger partial charge in [-0.1, -0.05) is 12.1 Å². The number of carbonyl (C=O) groups excluding carboxylic acids is 1. The number of ether oxygens (including phenoxy) is 1. The van der Waals surface area contributed by atoms with Crippen LogP contribution in [0.2, 0.25) is 0 Å². The van der Waals surface area contributed by atoms with E-state index in [0.717, 1.165) is 24.3 Å². The predicted octanol–water partition coefficient (Wildman–Crippen LogP) is 1.45. The van der Waals surface area contributed by atoms with Gasteiger partial charge in [0, 0.05) is 5.69 Å². The van der Waals surface area contributed by atoms with E-state index in [9.17, 15) is 27.1 Å². The average Bonchev–Trinajstić information content (AvgIpc) is 2.48. The van der Waals surface area contributed by atoms with Crippen LogP contribution in [0, 0.1) is 0 Å². The largest absolute Gasteiger partial charge is 0.545 e. The summed E-state index contributed by atoms with van der Waals surface area (Å²) in [4.78, 5) is 10.5. The number of sulfonamides is 1. The van der Waals surface area contributed by atoms with Crippen molar-refractivity contribution < 1.29 is 31.8 Å². The Labute approximate surface area is 130 Å². The lowest BCUT2D eigenvalue weighted by Crippen LogP contribution is -2.22. The average molecular weight is 342 g/mol. The summed E-state index contributed by atoms with van der Waals surface area (Å²) in [6.45, 7) is -2.97. The van der Waals surface area contributed by atoms with E-state index >= 15 is 0 Å². The number of hydrogen-bond acceptors (Lipinski definition) is 5. The Morgan fingerprint density at radius 3 is 2.09 bits per heavy atom. The van der Waals surface area contributed by atoms with Gasteiger partial charge in [0.1, 0.15) is 5.75 Å². The quantitative estimate of drug-likeness (QED) is 0.857. The van der Waals surface area contributed by atoms with E-state index in [1.165, 1.54) is 24.3 Å². The number of carboxylic acids is 1. The molecule has 0 unspecified atom stereocenters. The van der Waals surface area contributed by atoms with Crippen molar-refractivity contribution in [2.75, 3.05) is 4.72 Å². The molecule has 6 nitrogen and oxygen atoms in total. The van der Waals surface area contributed by atoms with Crippen LogP contribution in [0.5, 0.6) is 5.75 Å². The summed E-state index contributed by atoms with van der Waals surface area (Å²) < 4.78 is 54.7. The van der Waals surface area contributed by atoms with Gasteiger partial charge in [-0.25, -0.2) is 8.42 Å². The third-order valence-electron chi connectivity index (χ3n) is 2.73. The van der Waals surface area contributed by atoms with Crippen molar-refractivity contribution in [1.29, 1.82) is 0 Å². The number of alkyl halides is 2. The van der Waals surface area contributed by atoms with Crippen LogP contribution in [0.1, 0.15) is 10.4 Å². The van der Waals surface area contributed by atoms with Crippen molar-refractivity contribution in [2.45, 2.75) is 11.5 Å². The standard InChI is InChI=1S/C14H11F2NO5S/c15-14(16)22-11-5-3-10(4-6-11)17-23(20,21)12-7-1-9(2-8-12)13(18)19/h1-8,14,17H,(H,18,19)/p-1. The van der Waals surface area contributed by atoms with Crippen LogP contribution < -0.4 is 14.6 Å². The first kappa shape index (κ1) is 16.7. The summed E-state index contributed by atoms with van der Waals surface area (Å²) in [5, 5.41) is 10.6. The maximum absolute atomic E-state index is 12.1. The minimum absolute atomic E-state index is 0.110. The lowest BCUT2D eigenvalue weighted by atomic mass is 10.2. The molecule has 0 heterocycles. The minimum Gasteiger partial charge on any atom is -0.545 e. The van der Waals surface area contributed by atoms with Crippen molar-refractivity contribution in [2.24, 2.45) is 0 Å². The van der Waals surface area contributed by atoms with E-state index in [2.05, 4.69) is 9.46 Å². The number of carbonyl (C=O) groups is 1. The second-order valence-electron chi connectivity index (χ2n) is 4.32. The van der Waals surface area contributed by atoms with Gasteiger partial charge in [0.05, 0.1) is 10.9 Å². The van der Waals surface area contributed by atoms with Crippen LogP contribution in [-0.2, 0) is 10.0 Å². The number of carboxylic acid groups (broad SMARTS) is 1. The highest BCUT2D eigenvalue weighted by atomic mass is 32.2. The van der Waals surface area contributed by atoms with Gasteiger partial charge in [0.15, 0.2) is 0 Å². The van der Waals surface area contributed by atoms with Crippen LogP contribution in [0.15, 0.2) is 53.4 Å². The summed E-state index contributed by atoms with van der Waals surface area (Å²) in [7, 11) is -3.94. The smallest absolute Gasteiger partial charge is 0.387 e. The van der Waals surface area contributed by atoms with Crippen LogP contribution in [0.4, 0.5) is 14.5 Å². The molecule has 0 aliphatic rings. The number of benzene rings is 2. The Morgan fingerprint density at radius 1 is 1.04 bits per heavy atom. The van der Waals surface area contributed by atoms with Crippen LogP contribution in [0.3, 0.4) is 0 Å². The number of anilines is 1. The van der Waals surface area contributed by atoms with E-state index < -0.39 is 22.6 Å². The van der Waals surface area contributed by atoms with Crippen molar-refractivity contribution >= 4 is 21.7 Å². The van der Waals surface area contributed by atoms with Gasteiger partial charge < -0.3 is 14.6 Å². The first-order chi connectivity index (χ1) is 10.8. The molecular formula is C14H10F2NO5S-. The van der Waals surface area contributed by atoms with Gasteiger partial charge in [0.25, 0.3) is 10.0 Å². The fourth-order valence-electron chi connectivity index (χ4n) is 1.69. The molecule has 9 heteroatoms. The number of nitrogens with one attached hydrogen (secondary N) is 1. The van der Waals surface area contributed by atoms with Crippen molar-refractivity contribution in [3.05, 3.63) is 54.1 Å². The molecule has 2 aromatic rings. The molecule has 0 amide bonds. The van der Waals surface area contributed by atoms with Gasteiger partial charge >= 0.3 is 6.61 Å². The molecule has 0 fully saturated rings. The third kappa shape index (κ3) is 4.39. The summed E-state index contributed by atoms with van der Waals surface area (Å²) in [5.41, 5.74) is -0.0203. The zero-order chi connectivity index (χ0) is 17.0. The topological polar surface area (TPSA) is 95.5 Å². The Morgan fingerprint density at radius 2 is 1.61 bits per heavy atom. The molecule has 0 aromatic heterocycles. The second kappa shape index (κ2) is 6.61. The highest BCUT2D eigenvalue weighted by Crippen LogP contribution is 2.20. The van der Waals surface area contributed by atoms with E-state index in [-0.39, 0.29) is 21.9 Å². The zero-order valence-electron chi connectivity index (χ0n) is 11.4. The SMILES string of the molecule is O=C([O-])c1ccc(S(=O)(=O)Nc2ccc(OC(F)F)cc2)cc1. The lowest BCUT2D eigenvalue weighted by molar-refractivity contribution is -0.255. The Bertz CT molecular complexity index is 789. The number of hydrogen-bond donors (Lipinski definition) is 1. The lowest BCUT2D eigenvalue weighted by Gasteiger charge is -2.10. The van der Waals surface area contributed by atoms with E-state index in [4.69, 9.17) is 0 Å². The maximum Gasteiger partial charge on any atom is 0.387 e. The maximum atomic E-state index is 12.1. The molecule has 0 saturated carbocycles. The second-order valence-corrected chi connectivity index (χ2v) is 6.00. The molecule has 1 N–H and O–H groups in total. The number of aromatic carboxylic acids is 1. The van der Waals surface area contributed by atoms with Gasteiger partial charge in [-0.2, -0.15) is 8.78 Å². The van der Waals surface area contributed by atoms with Crippen LogP contribution in [-0.4, -0.2) is 21.0 Å². The Kier molecular flexibility index (Phi) is 4.80. The van der Waals surface area contributed by atoms with Gasteiger partial charge in [-0.3, -0.25) is 4.72 Å². The number of halogens is 2. The summed E-state index contributed by atoms with van der Waals surface area (Å²) >= 11 is 0. The van der Waals surface area contributed by atoms with E-state index in [1.807, 2.05) is 0 Å². The van der Waals surface area contributed by atoms with Crippen molar-refractivity contribution in [1.82, 2.24) is 0 Å². The zero-order valence-corrected chi connectivity index (χ0v) is 12.2. The van der Waals surface area contributed by atoms with Gasteiger partial charge in [-0.05, 0) is 42.0 Å². The monoisotopic (exact) mass is 342 g/mol. The molecule has 2 aromatic carbocycles. The summed E-state index contributed by atoms with van der Waals surface area (Å²) in [5.74, 6) is -1.53. The highest BCUT2D eigenvalue weighted by molar-refractivity contribution is 7.92. The third-order valence-corrected chi connectivity index (χ3v) is 4.13. The van der Waals surface area contributed by atoms with Crippen molar-refractivity contribution in [3.8, 4) is 5.75 Å². The van der Waals surface area contributed by atoms with Gasteiger partial charge in [-0.15, -0.1) is 0 Å². The fraction of sp³-hybridized carbons (Fsp3) is 0.0714. The molecule has 0 spiro atoms. The summed E-state index contributed by atoms with van der Waals surface area (Å²) in [6, 6.07) is 9.30. The van der Waals surface area contributed by atoms with Crippen LogP contribution in [0.25, 0.3) is 0 Å². The molecule has 0 aliphatic carbocycles. The van der Waals surface area contributed by atoms with Crippen molar-refractivity contribution in [3.63, 3.8) is 0 Å². The molecule has 0 atom stereocenters. The Balaban J connectivity index is 2.15. The van der Waals surface area contributed by atoms with Gasteiger partial charge in [0.2, 0.25) is 0 Å². The van der Waals surface area contributed by atoms with E-state index in [0.29, 0.717) is 0 Å². The first-order valence-corrected chi connectivity index (χ1v) is 7.65. The molecule has 23 heavy (non-hydrogen) atoms. The fourth-order valence-corrected chi connectivity index (χ4v) is 2.75.